The Balaban J connectivity index is 1.78. The van der Waals surface area contributed by atoms with Crippen LogP contribution in [0.4, 0.5) is 4.79 Å². The van der Waals surface area contributed by atoms with Gasteiger partial charge in [-0.15, -0.1) is 0 Å². The molecule has 2 aromatic carbocycles. The van der Waals surface area contributed by atoms with Crippen molar-refractivity contribution in [1.29, 1.82) is 0 Å². The molecule has 0 fully saturated rings. The van der Waals surface area contributed by atoms with Crippen molar-refractivity contribution in [1.82, 2.24) is 15.0 Å². The van der Waals surface area contributed by atoms with Gasteiger partial charge in [0.1, 0.15) is 11.5 Å². The van der Waals surface area contributed by atoms with E-state index in [1.807, 2.05) is 0 Å². The number of ether oxygens (including phenoxy) is 1. The zero-order valence-electron chi connectivity index (χ0n) is 13.1. The monoisotopic (exact) mass is 325 g/mol. The Morgan fingerprint density at radius 2 is 1.67 bits per heavy atom. The number of benzene rings is 2. The second-order valence-electron chi connectivity index (χ2n) is 5.26. The zero-order chi connectivity index (χ0) is 17.1. The van der Waals surface area contributed by atoms with Gasteiger partial charge in [-0.3, -0.25) is 0 Å². The summed E-state index contributed by atoms with van der Waals surface area (Å²) in [6.07, 6.45) is -0.447. The maximum atomic E-state index is 11.5. The Kier molecular flexibility index (Phi) is 4.15. The number of phenols is 1. The number of phenolic OH excluding ortho intramolecular Hbond substituents is 1. The van der Waals surface area contributed by atoms with Crippen LogP contribution >= 0.6 is 0 Å². The minimum absolute atomic E-state index is 0.168. The molecule has 0 atom stereocenters. The van der Waals surface area contributed by atoms with Gasteiger partial charge >= 0.3 is 6.09 Å². The molecule has 0 aliphatic heterocycles. The summed E-state index contributed by atoms with van der Waals surface area (Å²) in [5.74, 6) is 1.37. The van der Waals surface area contributed by atoms with E-state index in [0.717, 1.165) is 5.56 Å². The molecule has 3 rings (SSSR count). The van der Waals surface area contributed by atoms with E-state index < -0.39 is 6.09 Å². The van der Waals surface area contributed by atoms with Crippen molar-refractivity contribution in [3.63, 3.8) is 0 Å². The van der Waals surface area contributed by atoms with Gasteiger partial charge in [0.2, 0.25) is 5.82 Å². The predicted molar refractivity (Wildman–Crippen MR) is 86.5 cm³/mol. The number of nitrogens with zero attached hydrogens (tertiary/aromatic N) is 3. The topological polar surface area (TPSA) is 88.7 Å². The van der Waals surface area contributed by atoms with Crippen LogP contribution in [0.25, 0.3) is 22.8 Å². The van der Waals surface area contributed by atoms with Crippen LogP contribution in [0.3, 0.4) is 0 Å². The van der Waals surface area contributed by atoms with Crippen molar-refractivity contribution in [3.05, 3.63) is 48.5 Å². The van der Waals surface area contributed by atoms with E-state index in [-0.39, 0.29) is 5.75 Å². The third-order valence-corrected chi connectivity index (χ3v) is 3.22. The molecule has 0 spiro atoms. The van der Waals surface area contributed by atoms with Crippen LogP contribution in [0.15, 0.2) is 53.1 Å². The zero-order valence-corrected chi connectivity index (χ0v) is 13.1. The molecule has 1 amide bonds. The fourth-order valence-corrected chi connectivity index (χ4v) is 1.93. The number of aromatic nitrogens is 2. The van der Waals surface area contributed by atoms with E-state index >= 15 is 0 Å². The Labute approximate surface area is 138 Å². The van der Waals surface area contributed by atoms with Crippen LogP contribution in [0, 0.1) is 0 Å². The third kappa shape index (κ3) is 3.35. The average Bonchev–Trinajstić information content (AvgIpc) is 3.06. The van der Waals surface area contributed by atoms with Crippen molar-refractivity contribution < 1.29 is 19.2 Å². The van der Waals surface area contributed by atoms with Gasteiger partial charge < -0.3 is 19.3 Å². The molecule has 7 heteroatoms. The Morgan fingerprint density at radius 1 is 1.04 bits per heavy atom. The molecular weight excluding hydrogens is 310 g/mol. The van der Waals surface area contributed by atoms with Gasteiger partial charge in [0, 0.05) is 25.2 Å². The molecule has 7 nitrogen and oxygen atoms in total. The van der Waals surface area contributed by atoms with E-state index in [1.54, 1.807) is 62.6 Å². The lowest BCUT2D eigenvalue weighted by Crippen LogP contribution is -2.25. The van der Waals surface area contributed by atoms with Crippen molar-refractivity contribution in [2.24, 2.45) is 0 Å². The van der Waals surface area contributed by atoms with Gasteiger partial charge in [-0.05, 0) is 48.5 Å². The molecule has 1 aromatic heterocycles. The Morgan fingerprint density at radius 3 is 2.29 bits per heavy atom. The number of aromatic hydroxyl groups is 1. The summed E-state index contributed by atoms with van der Waals surface area (Å²) < 4.78 is 10.4. The minimum atomic E-state index is -0.447. The highest BCUT2D eigenvalue weighted by molar-refractivity contribution is 5.70. The first-order valence-corrected chi connectivity index (χ1v) is 7.15. The summed E-state index contributed by atoms with van der Waals surface area (Å²) in [6, 6.07) is 13.3. The second-order valence-corrected chi connectivity index (χ2v) is 5.26. The normalized spacial score (nSPS) is 10.4. The molecule has 0 radical (unpaired) electrons. The maximum absolute atomic E-state index is 11.5. The summed E-state index contributed by atoms with van der Waals surface area (Å²) >= 11 is 0. The van der Waals surface area contributed by atoms with Crippen LogP contribution in [-0.4, -0.2) is 40.3 Å². The molecule has 0 bridgehead atoms. The van der Waals surface area contributed by atoms with Gasteiger partial charge in [0.25, 0.3) is 5.89 Å². The molecule has 3 aromatic rings. The van der Waals surface area contributed by atoms with Crippen molar-refractivity contribution in [2.45, 2.75) is 0 Å². The number of rotatable bonds is 3. The molecular formula is C17H15N3O4. The first-order chi connectivity index (χ1) is 11.5. The molecule has 0 saturated carbocycles. The first-order valence-electron chi connectivity index (χ1n) is 7.15. The molecule has 0 aliphatic rings. The van der Waals surface area contributed by atoms with E-state index in [4.69, 9.17) is 9.26 Å². The summed E-state index contributed by atoms with van der Waals surface area (Å²) in [5.41, 5.74) is 1.44. The van der Waals surface area contributed by atoms with Crippen LogP contribution in [0.1, 0.15) is 0 Å². The van der Waals surface area contributed by atoms with E-state index in [0.29, 0.717) is 23.0 Å². The summed E-state index contributed by atoms with van der Waals surface area (Å²) in [6.45, 7) is 0. The van der Waals surface area contributed by atoms with Crippen LogP contribution in [-0.2, 0) is 0 Å². The lowest BCUT2D eigenvalue weighted by atomic mass is 10.2. The van der Waals surface area contributed by atoms with Gasteiger partial charge in [0.05, 0.1) is 0 Å². The molecule has 122 valence electrons. The average molecular weight is 325 g/mol. The molecule has 0 unspecified atom stereocenters. The van der Waals surface area contributed by atoms with Crippen LogP contribution in [0.5, 0.6) is 11.5 Å². The minimum Gasteiger partial charge on any atom is -0.508 e. The smallest absolute Gasteiger partial charge is 0.414 e. The van der Waals surface area contributed by atoms with Gasteiger partial charge in [-0.25, -0.2) is 4.79 Å². The highest BCUT2D eigenvalue weighted by atomic mass is 16.6. The quantitative estimate of drug-likeness (QED) is 0.795. The molecule has 1 heterocycles. The number of amides is 1. The standard InChI is InChI=1S/C17H15N3O4/c1-20(2)17(22)23-14-9-5-11(6-10-14)15-18-16(24-19-15)12-3-7-13(21)8-4-12/h3-10,21H,1-2H3. The Bertz CT molecular complexity index is 839. The van der Waals surface area contributed by atoms with Crippen LogP contribution in [0.2, 0.25) is 0 Å². The lowest BCUT2D eigenvalue weighted by molar-refractivity contribution is 0.172. The molecule has 1 N–H and O–H groups in total. The second kappa shape index (κ2) is 6.41. The fourth-order valence-electron chi connectivity index (χ4n) is 1.93. The van der Waals surface area contributed by atoms with Gasteiger partial charge in [-0.2, -0.15) is 4.98 Å². The molecule has 0 saturated heterocycles. The number of carbonyl (C=O) groups is 1. The first kappa shape index (κ1) is 15.5. The van der Waals surface area contributed by atoms with Crippen LogP contribution < -0.4 is 4.74 Å². The summed E-state index contributed by atoms with van der Waals surface area (Å²) in [5, 5.41) is 13.2. The molecule has 0 aliphatic carbocycles. The maximum Gasteiger partial charge on any atom is 0.414 e. The van der Waals surface area contributed by atoms with E-state index in [2.05, 4.69) is 10.1 Å². The van der Waals surface area contributed by atoms with Gasteiger partial charge in [0.15, 0.2) is 0 Å². The predicted octanol–water partition coefficient (Wildman–Crippen LogP) is 3.17. The number of hydrogen-bond acceptors (Lipinski definition) is 6. The summed E-state index contributed by atoms with van der Waals surface area (Å²) in [4.78, 5) is 17.2. The molecule has 24 heavy (non-hydrogen) atoms. The van der Waals surface area contributed by atoms with Crippen molar-refractivity contribution in [2.75, 3.05) is 14.1 Å². The SMILES string of the molecule is CN(C)C(=O)Oc1ccc(-c2noc(-c3ccc(O)cc3)n2)cc1. The van der Waals surface area contributed by atoms with E-state index in [9.17, 15) is 9.90 Å². The summed E-state index contributed by atoms with van der Waals surface area (Å²) in [7, 11) is 3.22. The number of hydrogen-bond donors (Lipinski definition) is 1. The Hall–Kier alpha value is -3.35. The highest BCUT2D eigenvalue weighted by Crippen LogP contribution is 2.25. The van der Waals surface area contributed by atoms with Crippen molar-refractivity contribution >= 4 is 6.09 Å². The number of carbonyl (C=O) groups excluding carboxylic acids is 1. The van der Waals surface area contributed by atoms with Gasteiger partial charge in [-0.1, -0.05) is 5.16 Å². The van der Waals surface area contributed by atoms with E-state index in [1.165, 1.54) is 4.90 Å². The highest BCUT2D eigenvalue weighted by Gasteiger charge is 2.12. The lowest BCUT2D eigenvalue weighted by Gasteiger charge is -2.10. The van der Waals surface area contributed by atoms with Crippen molar-refractivity contribution in [3.8, 4) is 34.3 Å². The third-order valence-electron chi connectivity index (χ3n) is 3.22. The largest absolute Gasteiger partial charge is 0.508 e. The fraction of sp³-hybridized carbons (Fsp3) is 0.118.